The molecule has 1 unspecified atom stereocenters. The monoisotopic (exact) mass is 1020 g/mol. The summed E-state index contributed by atoms with van der Waals surface area (Å²) in [5, 5.41) is 8.33. The molecule has 0 radical (unpaired) electrons. The summed E-state index contributed by atoms with van der Waals surface area (Å²) in [6.07, 6.45) is 2.40. The molecule has 0 bridgehead atoms. The minimum Gasteiger partial charge on any atom is -0.422 e. The average molecular weight is 1020 g/mol. The van der Waals surface area contributed by atoms with Crippen LogP contribution in [-0.4, -0.2) is 12.6 Å². The van der Waals surface area contributed by atoms with Crippen LogP contribution in [-0.2, 0) is 16.5 Å². The number of anilines is 3. The van der Waals surface area contributed by atoms with Crippen molar-refractivity contribution in [3.63, 3.8) is 0 Å². The summed E-state index contributed by atoms with van der Waals surface area (Å²) in [7, 11) is -3.05. The number of fused-ring (bicyclic) bond motifs is 22. The van der Waals surface area contributed by atoms with Gasteiger partial charge in [-0.25, -0.2) is 0 Å². The van der Waals surface area contributed by atoms with E-state index in [1.54, 1.807) is 0 Å². The summed E-state index contributed by atoms with van der Waals surface area (Å²) in [6.45, 7) is 0. The second kappa shape index (κ2) is 12.4. The van der Waals surface area contributed by atoms with Crippen molar-refractivity contribution in [2.75, 3.05) is 4.90 Å². The Morgan fingerprint density at radius 3 is 1.48 bits per heavy atom. The Morgan fingerprint density at radius 1 is 0.367 bits per heavy atom. The van der Waals surface area contributed by atoms with Crippen LogP contribution in [0.4, 0.5) is 17.2 Å². The van der Waals surface area contributed by atoms with E-state index in [1.165, 1.54) is 149 Å². The highest BCUT2D eigenvalue weighted by Crippen LogP contribution is 2.72. The molecular formula is C73H40N4OSi+2. The van der Waals surface area contributed by atoms with Crippen LogP contribution in [0.3, 0.4) is 0 Å². The van der Waals surface area contributed by atoms with Gasteiger partial charge in [0.1, 0.15) is 28.2 Å². The van der Waals surface area contributed by atoms with Crippen LogP contribution in [0, 0.1) is 0 Å². The summed E-state index contributed by atoms with van der Waals surface area (Å²) < 4.78 is 15.8. The van der Waals surface area contributed by atoms with Gasteiger partial charge >= 0.3 is 5.66 Å². The molecule has 1 atom stereocenters. The van der Waals surface area contributed by atoms with E-state index >= 15 is 0 Å². The maximum Gasteiger partial charge on any atom is 0.321 e. The lowest BCUT2D eigenvalue weighted by molar-refractivity contribution is -0.961. The Labute approximate surface area is 454 Å². The van der Waals surface area contributed by atoms with E-state index < -0.39 is 24.6 Å². The van der Waals surface area contributed by atoms with Crippen molar-refractivity contribution in [2.45, 2.75) is 16.5 Å². The van der Waals surface area contributed by atoms with Crippen LogP contribution in [0.15, 0.2) is 243 Å². The number of aromatic nitrogens is 3. The Hall–Kier alpha value is -9.88. The quantitative estimate of drug-likeness (QED) is 0.112. The van der Waals surface area contributed by atoms with Gasteiger partial charge in [-0.2, -0.15) is 14.0 Å². The van der Waals surface area contributed by atoms with Crippen molar-refractivity contribution in [3.05, 3.63) is 298 Å². The standard InChI is InChI=1S/C73H40N4OSi/c1-7-25-49-41(17-1)42-18-2-8-26-50(42)71(49)53-29-14-30-54-66(53)76-67-55(71)31-15-32-56(67)73-64-58(78-63-39-36-57(70(76)77(63)73)72(54)51-27-9-3-19-43(51)44-20-4-10-28-52(44)72)37-38-62-68(64)75-65-47(48-24-16-40-74(73)69(48)75)23-13-35-61(65)79(62)59-33-11-5-21-45(59)46-22-6-12-34-60(46)79/h1-40H/q+2. The van der Waals surface area contributed by atoms with Crippen LogP contribution >= 0.6 is 0 Å². The topological polar surface area (TPSA) is 25.2 Å². The minimum atomic E-state index is -3.05. The Balaban J connectivity index is 1.01. The first kappa shape index (κ1) is 39.5. The number of nitrogens with zero attached hydrogens (tertiary/aromatic N) is 4. The maximum atomic E-state index is 7.75. The second-order valence-corrected chi connectivity index (χ2v) is 26.9. The van der Waals surface area contributed by atoms with Gasteiger partial charge < -0.3 is 4.74 Å². The van der Waals surface area contributed by atoms with Crippen molar-refractivity contribution in [1.82, 2.24) is 4.57 Å². The second-order valence-electron chi connectivity index (χ2n) is 23.3. The lowest BCUT2D eigenvalue weighted by Crippen LogP contribution is -2.82. The average Bonchev–Trinajstić information content (AvgIpc) is 1.91. The molecular weight excluding hydrogens is 977 g/mol. The van der Waals surface area contributed by atoms with E-state index in [4.69, 9.17) is 4.74 Å². The fourth-order valence-electron chi connectivity index (χ4n) is 18.6. The zero-order chi connectivity index (χ0) is 50.6. The first-order valence-corrected chi connectivity index (χ1v) is 29.8. The van der Waals surface area contributed by atoms with Gasteiger partial charge in [-0.3, -0.25) is 0 Å². The summed E-state index contributed by atoms with van der Waals surface area (Å²) in [5.41, 5.74) is 24.7. The molecule has 10 heterocycles. The lowest BCUT2D eigenvalue weighted by atomic mass is 9.58. The van der Waals surface area contributed by atoms with Gasteiger partial charge in [0.05, 0.1) is 33.5 Å². The van der Waals surface area contributed by atoms with Crippen LogP contribution in [0.1, 0.15) is 55.6 Å². The van der Waals surface area contributed by atoms with E-state index in [2.05, 4.69) is 261 Å². The predicted octanol–water partition coefficient (Wildman–Crippen LogP) is 11.9. The van der Waals surface area contributed by atoms with E-state index in [0.717, 1.165) is 17.4 Å². The Bertz CT molecular complexity index is 5090. The summed E-state index contributed by atoms with van der Waals surface area (Å²) in [4.78, 5) is 2.73. The van der Waals surface area contributed by atoms with E-state index in [-0.39, 0.29) is 0 Å². The van der Waals surface area contributed by atoms with Crippen molar-refractivity contribution in [3.8, 4) is 50.7 Å². The Morgan fingerprint density at radius 2 is 0.861 bits per heavy atom. The van der Waals surface area contributed by atoms with Crippen molar-refractivity contribution < 1.29 is 13.9 Å². The van der Waals surface area contributed by atoms with Crippen molar-refractivity contribution in [2.24, 2.45) is 0 Å². The predicted molar refractivity (Wildman–Crippen MR) is 312 cm³/mol. The van der Waals surface area contributed by atoms with Crippen molar-refractivity contribution >= 4 is 67.9 Å². The first-order valence-electron chi connectivity index (χ1n) is 27.8. The molecule has 22 rings (SSSR count). The molecule has 0 fully saturated rings. The Kier molecular flexibility index (Phi) is 6.21. The van der Waals surface area contributed by atoms with Gasteiger partial charge in [-0.05, 0) is 102 Å². The molecule has 7 aliphatic heterocycles. The van der Waals surface area contributed by atoms with Gasteiger partial charge in [0, 0.05) is 38.5 Å². The van der Waals surface area contributed by atoms with Gasteiger partial charge in [-0.1, -0.05) is 194 Å². The van der Waals surface area contributed by atoms with Crippen LogP contribution < -0.4 is 39.5 Å². The fraction of sp³-hybridized carbons (Fsp3) is 0.0411. The number of hydrogen-bond donors (Lipinski definition) is 0. The summed E-state index contributed by atoms with van der Waals surface area (Å²) >= 11 is 0. The molecule has 10 aromatic carbocycles. The molecule has 9 aliphatic rings. The number of para-hydroxylation sites is 3. The molecule has 0 N–H and O–H groups in total. The van der Waals surface area contributed by atoms with E-state index in [0.29, 0.717) is 0 Å². The third-order valence-corrected chi connectivity index (χ3v) is 25.7. The normalized spacial score (nSPS) is 18.3. The van der Waals surface area contributed by atoms with Crippen molar-refractivity contribution in [1.29, 1.82) is 0 Å². The zero-order valence-corrected chi connectivity index (χ0v) is 43.3. The third-order valence-electron chi connectivity index (χ3n) is 20.8. The molecule has 5 nitrogen and oxygen atoms in total. The molecule has 6 heteroatoms. The highest BCUT2D eigenvalue weighted by Gasteiger charge is 2.73. The van der Waals surface area contributed by atoms with Crippen LogP contribution in [0.2, 0.25) is 0 Å². The molecule has 0 saturated carbocycles. The fourth-order valence-corrected chi connectivity index (χ4v) is 24.1. The van der Waals surface area contributed by atoms with Gasteiger partial charge in [-0.15, -0.1) is 4.57 Å². The van der Waals surface area contributed by atoms with E-state index in [1.807, 2.05) is 0 Å². The largest absolute Gasteiger partial charge is 0.422 e. The van der Waals surface area contributed by atoms with Crippen LogP contribution in [0.5, 0.6) is 11.6 Å². The van der Waals surface area contributed by atoms with Gasteiger partial charge in [0.25, 0.3) is 17.3 Å². The van der Waals surface area contributed by atoms with Gasteiger partial charge in [0.2, 0.25) is 0 Å². The number of benzene rings is 10. The molecule has 360 valence electrons. The molecule has 13 aromatic rings. The van der Waals surface area contributed by atoms with Crippen LogP contribution in [0.25, 0.3) is 61.0 Å². The molecule has 0 saturated heterocycles. The number of rotatable bonds is 0. The molecule has 3 aromatic heterocycles. The van der Waals surface area contributed by atoms with E-state index in [9.17, 15) is 0 Å². The maximum absolute atomic E-state index is 7.75. The minimum absolute atomic E-state index is 0.666. The number of ether oxygens (including phenoxy) is 1. The lowest BCUT2D eigenvalue weighted by Gasteiger charge is -2.53. The highest BCUT2D eigenvalue weighted by atomic mass is 28.3. The summed E-state index contributed by atoms with van der Waals surface area (Å²) in [6, 6.07) is 92.1. The first-order chi connectivity index (χ1) is 39.2. The smallest absolute Gasteiger partial charge is 0.321 e. The van der Waals surface area contributed by atoms with Gasteiger partial charge in [0.15, 0.2) is 13.8 Å². The molecule has 4 spiro atoms. The number of pyridine rings is 2. The summed E-state index contributed by atoms with van der Waals surface area (Å²) in [5.74, 6) is 2.87. The number of hydrogen-bond acceptors (Lipinski definition) is 2. The third kappa shape index (κ3) is 3.64. The molecule has 79 heavy (non-hydrogen) atoms. The highest BCUT2D eigenvalue weighted by molar-refractivity contribution is 7.23. The molecule has 2 aliphatic carbocycles. The molecule has 0 amide bonds. The zero-order valence-electron chi connectivity index (χ0n) is 42.3. The SMILES string of the molecule is c1ccc2c(c1)-c1ccccc1C21c2cccc3c2N2c4c1cccc4C14c5c(ccc6c5-n5c7c(cccc7c7ccc[n+]1c75)[Si]61c5ccccc5-c5ccccc51)Oc1ccc(c2[n+]14)C31c2ccccc2-c2ccccc21.